The van der Waals surface area contributed by atoms with Gasteiger partial charge in [0.05, 0.1) is 18.0 Å². The maximum absolute atomic E-state index is 9.85. The average molecular weight is 212 g/mol. The molecule has 2 N–H and O–H groups in total. The van der Waals surface area contributed by atoms with Crippen LogP contribution in [0.1, 0.15) is 18.1 Å². The Kier molecular flexibility index (Phi) is 3.04. The smallest absolute Gasteiger partial charge is 0.0935 e. The number of benzene rings is 1. The van der Waals surface area contributed by atoms with E-state index in [4.69, 9.17) is 6.42 Å². The number of hydrogen-bond donors (Lipinski definition) is 2. The van der Waals surface area contributed by atoms with Crippen LogP contribution in [0.15, 0.2) is 36.5 Å². The molecule has 0 saturated heterocycles. The Balaban J connectivity index is 2.37. The molecule has 80 valence electrons. The van der Waals surface area contributed by atoms with Gasteiger partial charge in [0.25, 0.3) is 0 Å². The van der Waals surface area contributed by atoms with Crippen LogP contribution in [0.3, 0.4) is 0 Å². The lowest BCUT2D eigenvalue weighted by molar-refractivity contribution is 0.184. The standard InChI is InChI=1S/C13H12N2O/c1-2-6-12(16)11-9-14-15-13(11)10-7-4-3-5-8-10/h1,3-5,7-9,12,16H,6H2,(H,14,15). The van der Waals surface area contributed by atoms with Crippen LogP contribution in [-0.2, 0) is 0 Å². The Hall–Kier alpha value is -2.05. The number of rotatable bonds is 3. The van der Waals surface area contributed by atoms with Crippen molar-refractivity contribution >= 4 is 0 Å². The van der Waals surface area contributed by atoms with Crippen LogP contribution >= 0.6 is 0 Å². The molecule has 2 aromatic rings. The van der Waals surface area contributed by atoms with Gasteiger partial charge in [-0.15, -0.1) is 12.3 Å². The lowest BCUT2D eigenvalue weighted by Crippen LogP contribution is -1.96. The Bertz CT molecular complexity index is 496. The summed E-state index contributed by atoms with van der Waals surface area (Å²) < 4.78 is 0. The largest absolute Gasteiger partial charge is 0.387 e. The first-order valence-electron chi connectivity index (χ1n) is 5.03. The summed E-state index contributed by atoms with van der Waals surface area (Å²) in [6.45, 7) is 0. The van der Waals surface area contributed by atoms with E-state index in [9.17, 15) is 5.11 Å². The van der Waals surface area contributed by atoms with Crippen molar-refractivity contribution in [3.05, 3.63) is 42.1 Å². The summed E-state index contributed by atoms with van der Waals surface area (Å²) in [5.74, 6) is 2.44. The zero-order chi connectivity index (χ0) is 11.4. The van der Waals surface area contributed by atoms with E-state index in [1.807, 2.05) is 30.3 Å². The van der Waals surface area contributed by atoms with Crippen molar-refractivity contribution in [3.8, 4) is 23.6 Å². The minimum Gasteiger partial charge on any atom is -0.387 e. The monoisotopic (exact) mass is 212 g/mol. The zero-order valence-corrected chi connectivity index (χ0v) is 8.72. The Morgan fingerprint density at radius 2 is 2.12 bits per heavy atom. The fraction of sp³-hybridized carbons (Fsp3) is 0.154. The van der Waals surface area contributed by atoms with Crippen LogP contribution < -0.4 is 0 Å². The van der Waals surface area contributed by atoms with E-state index >= 15 is 0 Å². The Morgan fingerprint density at radius 3 is 2.81 bits per heavy atom. The maximum atomic E-state index is 9.85. The molecule has 1 aromatic heterocycles. The van der Waals surface area contributed by atoms with Crippen LogP contribution in [-0.4, -0.2) is 15.3 Å². The summed E-state index contributed by atoms with van der Waals surface area (Å²) >= 11 is 0. The highest BCUT2D eigenvalue weighted by Crippen LogP contribution is 2.27. The lowest BCUT2D eigenvalue weighted by atomic mass is 10.0. The lowest BCUT2D eigenvalue weighted by Gasteiger charge is -2.07. The van der Waals surface area contributed by atoms with Gasteiger partial charge < -0.3 is 5.11 Å². The molecule has 1 unspecified atom stereocenters. The number of nitrogens with one attached hydrogen (secondary N) is 1. The molecule has 1 aromatic carbocycles. The number of aromatic amines is 1. The van der Waals surface area contributed by atoms with E-state index in [2.05, 4.69) is 16.1 Å². The fourth-order valence-corrected chi connectivity index (χ4v) is 1.61. The number of H-pyrrole nitrogens is 1. The zero-order valence-electron chi connectivity index (χ0n) is 8.72. The number of nitrogens with zero attached hydrogens (tertiary/aromatic N) is 1. The molecule has 3 nitrogen and oxygen atoms in total. The van der Waals surface area contributed by atoms with E-state index in [1.54, 1.807) is 6.20 Å². The van der Waals surface area contributed by atoms with Gasteiger partial charge in [0.15, 0.2) is 0 Å². The minimum atomic E-state index is -0.668. The van der Waals surface area contributed by atoms with E-state index in [1.165, 1.54) is 0 Å². The average Bonchev–Trinajstić information content (AvgIpc) is 2.79. The third-order valence-corrected chi connectivity index (χ3v) is 2.40. The molecule has 0 spiro atoms. The molecular formula is C13H12N2O. The summed E-state index contributed by atoms with van der Waals surface area (Å²) in [6.07, 6.45) is 6.42. The Labute approximate surface area is 94.1 Å². The molecule has 1 heterocycles. The van der Waals surface area contributed by atoms with Gasteiger partial charge in [0, 0.05) is 12.0 Å². The van der Waals surface area contributed by atoms with Gasteiger partial charge in [-0.25, -0.2) is 0 Å². The number of aromatic nitrogens is 2. The van der Waals surface area contributed by atoms with Gasteiger partial charge in [-0.1, -0.05) is 30.3 Å². The van der Waals surface area contributed by atoms with Gasteiger partial charge in [-0.2, -0.15) is 5.10 Å². The van der Waals surface area contributed by atoms with Crippen molar-refractivity contribution in [1.29, 1.82) is 0 Å². The summed E-state index contributed by atoms with van der Waals surface area (Å²) in [4.78, 5) is 0. The van der Waals surface area contributed by atoms with E-state index in [-0.39, 0.29) is 0 Å². The predicted molar refractivity (Wildman–Crippen MR) is 62.4 cm³/mol. The van der Waals surface area contributed by atoms with Crippen molar-refractivity contribution in [2.24, 2.45) is 0 Å². The third kappa shape index (κ3) is 1.97. The molecule has 2 rings (SSSR count). The van der Waals surface area contributed by atoms with Crippen LogP contribution in [0.5, 0.6) is 0 Å². The fourth-order valence-electron chi connectivity index (χ4n) is 1.61. The van der Waals surface area contributed by atoms with Crippen LogP contribution in [0, 0.1) is 12.3 Å². The number of aliphatic hydroxyl groups excluding tert-OH is 1. The molecule has 0 radical (unpaired) electrons. The quantitative estimate of drug-likeness (QED) is 0.766. The summed E-state index contributed by atoms with van der Waals surface area (Å²) in [5, 5.41) is 16.7. The summed E-state index contributed by atoms with van der Waals surface area (Å²) in [6, 6.07) is 9.73. The molecule has 3 heteroatoms. The number of hydrogen-bond acceptors (Lipinski definition) is 2. The second-order valence-electron chi connectivity index (χ2n) is 3.49. The number of terminal acetylenes is 1. The van der Waals surface area contributed by atoms with Crippen molar-refractivity contribution in [1.82, 2.24) is 10.2 Å². The molecule has 1 atom stereocenters. The second kappa shape index (κ2) is 4.65. The van der Waals surface area contributed by atoms with Crippen LogP contribution in [0.4, 0.5) is 0 Å². The molecule has 0 aliphatic heterocycles. The van der Waals surface area contributed by atoms with E-state index < -0.39 is 6.10 Å². The second-order valence-corrected chi connectivity index (χ2v) is 3.49. The highest BCUT2D eigenvalue weighted by atomic mass is 16.3. The molecule has 0 fully saturated rings. The molecular weight excluding hydrogens is 200 g/mol. The maximum Gasteiger partial charge on any atom is 0.0935 e. The van der Waals surface area contributed by atoms with E-state index in [0.29, 0.717) is 6.42 Å². The molecule has 0 aliphatic carbocycles. The normalized spacial score (nSPS) is 12.0. The first kappa shape index (κ1) is 10.5. The molecule has 0 amide bonds. The van der Waals surface area contributed by atoms with Gasteiger partial charge in [0.2, 0.25) is 0 Å². The first-order chi connectivity index (χ1) is 7.83. The molecule has 0 saturated carbocycles. The Morgan fingerprint density at radius 1 is 1.38 bits per heavy atom. The highest BCUT2D eigenvalue weighted by molar-refractivity contribution is 5.62. The van der Waals surface area contributed by atoms with Crippen molar-refractivity contribution in [2.75, 3.05) is 0 Å². The molecule has 0 aliphatic rings. The van der Waals surface area contributed by atoms with Crippen LogP contribution in [0.25, 0.3) is 11.3 Å². The van der Waals surface area contributed by atoms with Gasteiger partial charge in [-0.05, 0) is 5.56 Å². The van der Waals surface area contributed by atoms with Crippen molar-refractivity contribution in [2.45, 2.75) is 12.5 Å². The van der Waals surface area contributed by atoms with Gasteiger partial charge in [0.1, 0.15) is 0 Å². The molecule has 16 heavy (non-hydrogen) atoms. The van der Waals surface area contributed by atoms with Crippen molar-refractivity contribution < 1.29 is 5.11 Å². The summed E-state index contributed by atoms with van der Waals surface area (Å²) in [5.41, 5.74) is 2.55. The molecule has 0 bridgehead atoms. The van der Waals surface area contributed by atoms with Crippen LogP contribution in [0.2, 0.25) is 0 Å². The highest BCUT2D eigenvalue weighted by Gasteiger charge is 2.14. The third-order valence-electron chi connectivity index (χ3n) is 2.40. The van der Waals surface area contributed by atoms with Gasteiger partial charge >= 0.3 is 0 Å². The summed E-state index contributed by atoms with van der Waals surface area (Å²) in [7, 11) is 0. The number of aliphatic hydroxyl groups is 1. The van der Waals surface area contributed by atoms with Gasteiger partial charge in [-0.3, -0.25) is 5.10 Å². The minimum absolute atomic E-state index is 0.291. The SMILES string of the molecule is C#CCC(O)c1cn[nH]c1-c1ccccc1. The first-order valence-corrected chi connectivity index (χ1v) is 5.03. The topological polar surface area (TPSA) is 48.9 Å². The predicted octanol–water partition coefficient (Wildman–Crippen LogP) is 2.13. The van der Waals surface area contributed by atoms with Crippen molar-refractivity contribution in [3.63, 3.8) is 0 Å². The van der Waals surface area contributed by atoms with E-state index in [0.717, 1.165) is 16.8 Å².